The van der Waals surface area contributed by atoms with Crippen molar-refractivity contribution in [2.45, 2.75) is 70.4 Å². The van der Waals surface area contributed by atoms with Crippen LogP contribution < -0.4 is 5.32 Å². The third-order valence-electron chi connectivity index (χ3n) is 6.58. The molecule has 1 N–H and O–H groups in total. The van der Waals surface area contributed by atoms with E-state index < -0.39 is 0 Å². The summed E-state index contributed by atoms with van der Waals surface area (Å²) in [4.78, 5) is 28.1. The minimum absolute atomic E-state index is 0.0432. The van der Waals surface area contributed by atoms with Crippen molar-refractivity contribution < 1.29 is 4.79 Å². The highest BCUT2D eigenvalue weighted by Crippen LogP contribution is 2.42. The number of aryl methyl sites for hydroxylation is 2. The monoisotopic (exact) mass is 504 g/mol. The lowest BCUT2D eigenvalue weighted by Crippen LogP contribution is -2.34. The van der Waals surface area contributed by atoms with E-state index >= 15 is 0 Å². The first-order valence-corrected chi connectivity index (χ1v) is 14.3. The number of hydrogen-bond acceptors (Lipinski definition) is 6. The third kappa shape index (κ3) is 5.36. The lowest BCUT2D eigenvalue weighted by molar-refractivity contribution is -0.119. The van der Waals surface area contributed by atoms with Crippen LogP contribution in [0.3, 0.4) is 0 Å². The van der Waals surface area contributed by atoms with Crippen molar-refractivity contribution in [1.29, 1.82) is 0 Å². The first-order valence-electron chi connectivity index (χ1n) is 12.5. The number of thiophene rings is 1. The van der Waals surface area contributed by atoms with Crippen molar-refractivity contribution in [3.63, 3.8) is 0 Å². The van der Waals surface area contributed by atoms with Gasteiger partial charge >= 0.3 is 0 Å². The average molecular weight is 505 g/mol. The molecule has 0 bridgehead atoms. The van der Waals surface area contributed by atoms with Crippen LogP contribution in [-0.2, 0) is 30.5 Å². The fourth-order valence-corrected chi connectivity index (χ4v) is 7.03. The molecule has 1 aliphatic rings. The van der Waals surface area contributed by atoms with Gasteiger partial charge in [-0.1, -0.05) is 55.9 Å². The molecule has 4 aromatic rings. The number of pyridine rings is 1. The van der Waals surface area contributed by atoms with Crippen molar-refractivity contribution in [3.8, 4) is 0 Å². The van der Waals surface area contributed by atoms with Gasteiger partial charge in [0.15, 0.2) is 0 Å². The van der Waals surface area contributed by atoms with Gasteiger partial charge in [-0.15, -0.1) is 11.3 Å². The van der Waals surface area contributed by atoms with Gasteiger partial charge in [0.1, 0.15) is 16.2 Å². The number of nitrogens with zero attached hydrogens (tertiary/aromatic N) is 3. The normalized spacial score (nSPS) is 14.1. The Balaban J connectivity index is 1.31. The Morgan fingerprint density at radius 1 is 1.11 bits per heavy atom. The second-order valence-electron chi connectivity index (χ2n) is 9.89. The first kappa shape index (κ1) is 24.2. The maximum Gasteiger partial charge on any atom is 0.230 e. The van der Waals surface area contributed by atoms with Crippen LogP contribution in [-0.4, -0.2) is 32.7 Å². The number of rotatable bonds is 9. The van der Waals surface area contributed by atoms with Gasteiger partial charge in [0.05, 0.1) is 16.0 Å². The minimum atomic E-state index is 0.0432. The molecule has 35 heavy (non-hydrogen) atoms. The molecule has 0 saturated carbocycles. The summed E-state index contributed by atoms with van der Waals surface area (Å²) in [5, 5.41) is 5.24. The summed E-state index contributed by atoms with van der Waals surface area (Å²) in [5.41, 5.74) is 6.45. The standard InChI is InChI=1S/C28H32N4OS2/c1-17(2)14-22-20-10-7-11-21(20)24-25-26(35-27(24)32-22)28(30-16-29-25)34-15-23(33)31-18(3)12-13-19-8-5-4-6-9-19/h4-6,8-9,16-18H,7,10-15H2,1-3H3,(H,31,33). The number of amides is 1. The van der Waals surface area contributed by atoms with Crippen LogP contribution in [0.2, 0.25) is 0 Å². The summed E-state index contributed by atoms with van der Waals surface area (Å²) in [7, 11) is 0. The molecule has 1 amide bonds. The van der Waals surface area contributed by atoms with Gasteiger partial charge in [-0.2, -0.15) is 0 Å². The molecule has 0 aliphatic heterocycles. The number of benzene rings is 1. The van der Waals surface area contributed by atoms with Crippen molar-refractivity contribution in [1.82, 2.24) is 20.3 Å². The summed E-state index contributed by atoms with van der Waals surface area (Å²) in [6.45, 7) is 6.58. The topological polar surface area (TPSA) is 67.8 Å². The smallest absolute Gasteiger partial charge is 0.230 e. The van der Waals surface area contributed by atoms with Crippen molar-refractivity contribution in [2.24, 2.45) is 5.92 Å². The second kappa shape index (κ2) is 10.6. The Hall–Kier alpha value is -2.51. The van der Waals surface area contributed by atoms with E-state index in [1.165, 1.54) is 46.0 Å². The molecular formula is C28H32N4OS2. The van der Waals surface area contributed by atoms with Gasteiger partial charge in [0, 0.05) is 17.1 Å². The average Bonchev–Trinajstić information content (AvgIpc) is 3.46. The molecule has 5 rings (SSSR count). The fraction of sp³-hybridized carbons (Fsp3) is 0.429. The summed E-state index contributed by atoms with van der Waals surface area (Å²) in [6.07, 6.45) is 7.94. The highest BCUT2D eigenvalue weighted by molar-refractivity contribution is 8.00. The van der Waals surface area contributed by atoms with E-state index in [0.29, 0.717) is 11.7 Å². The van der Waals surface area contributed by atoms with Crippen molar-refractivity contribution in [2.75, 3.05) is 5.75 Å². The Bertz CT molecular complexity index is 1350. The molecule has 7 heteroatoms. The SMILES string of the molecule is CC(C)Cc1nc2sc3c(SCC(=O)NC(C)CCc4ccccc4)ncnc3c2c2c1CCC2. The summed E-state index contributed by atoms with van der Waals surface area (Å²) >= 11 is 3.18. The van der Waals surface area contributed by atoms with Crippen LogP contribution >= 0.6 is 23.1 Å². The molecule has 182 valence electrons. The van der Waals surface area contributed by atoms with Crippen LogP contribution in [0, 0.1) is 5.92 Å². The predicted octanol–water partition coefficient (Wildman–Crippen LogP) is 6.16. The molecule has 0 radical (unpaired) electrons. The Labute approximate surface area is 215 Å². The molecule has 3 aromatic heterocycles. The molecule has 1 aliphatic carbocycles. The maximum atomic E-state index is 12.7. The van der Waals surface area contributed by atoms with Crippen LogP contribution in [0.15, 0.2) is 41.7 Å². The van der Waals surface area contributed by atoms with Crippen LogP contribution in [0.5, 0.6) is 0 Å². The van der Waals surface area contributed by atoms with Gasteiger partial charge in [0.25, 0.3) is 0 Å². The van der Waals surface area contributed by atoms with Gasteiger partial charge < -0.3 is 5.32 Å². The van der Waals surface area contributed by atoms with Gasteiger partial charge in [0.2, 0.25) is 5.91 Å². The lowest BCUT2D eigenvalue weighted by atomic mass is 9.99. The van der Waals surface area contributed by atoms with Gasteiger partial charge in [-0.05, 0) is 68.1 Å². The number of fused-ring (bicyclic) bond motifs is 5. The number of carbonyl (C=O) groups is 1. The molecule has 0 spiro atoms. The van der Waals surface area contributed by atoms with Crippen LogP contribution in [0.25, 0.3) is 20.4 Å². The van der Waals surface area contributed by atoms with E-state index in [1.54, 1.807) is 17.7 Å². The molecule has 5 nitrogen and oxygen atoms in total. The quantitative estimate of drug-likeness (QED) is 0.218. The molecule has 0 fully saturated rings. The third-order valence-corrected chi connectivity index (χ3v) is 8.78. The largest absolute Gasteiger partial charge is 0.353 e. The highest BCUT2D eigenvalue weighted by atomic mass is 32.2. The summed E-state index contributed by atoms with van der Waals surface area (Å²) < 4.78 is 1.06. The van der Waals surface area contributed by atoms with E-state index in [-0.39, 0.29) is 11.9 Å². The van der Waals surface area contributed by atoms with E-state index in [2.05, 4.69) is 60.3 Å². The number of aromatic nitrogens is 3. The van der Waals surface area contributed by atoms with E-state index in [1.807, 2.05) is 6.07 Å². The summed E-state index contributed by atoms with van der Waals surface area (Å²) in [6, 6.07) is 10.5. The zero-order chi connectivity index (χ0) is 24.4. The molecule has 3 heterocycles. The number of hydrogen-bond donors (Lipinski definition) is 1. The Kier molecular flexibility index (Phi) is 7.35. The predicted molar refractivity (Wildman–Crippen MR) is 146 cm³/mol. The number of nitrogens with one attached hydrogen (secondary N) is 1. The maximum absolute atomic E-state index is 12.7. The zero-order valence-corrected chi connectivity index (χ0v) is 22.3. The highest BCUT2D eigenvalue weighted by Gasteiger charge is 2.24. The zero-order valence-electron chi connectivity index (χ0n) is 20.6. The van der Waals surface area contributed by atoms with Crippen molar-refractivity contribution in [3.05, 3.63) is 59.0 Å². The summed E-state index contributed by atoms with van der Waals surface area (Å²) in [5.74, 6) is 0.973. The molecule has 1 aromatic carbocycles. The first-order chi connectivity index (χ1) is 17.0. The van der Waals surface area contributed by atoms with Gasteiger partial charge in [-0.25, -0.2) is 15.0 Å². The fourth-order valence-electron chi connectivity index (χ4n) is 4.96. The molecular weight excluding hydrogens is 472 g/mol. The van der Waals surface area contributed by atoms with E-state index in [0.717, 1.165) is 52.2 Å². The Morgan fingerprint density at radius 3 is 2.71 bits per heavy atom. The van der Waals surface area contributed by atoms with Crippen LogP contribution in [0.4, 0.5) is 0 Å². The van der Waals surface area contributed by atoms with Crippen LogP contribution in [0.1, 0.15) is 56.0 Å². The van der Waals surface area contributed by atoms with Crippen molar-refractivity contribution >= 4 is 49.4 Å². The number of thioether (sulfide) groups is 1. The Morgan fingerprint density at radius 2 is 1.91 bits per heavy atom. The van der Waals surface area contributed by atoms with E-state index in [4.69, 9.17) is 4.98 Å². The lowest BCUT2D eigenvalue weighted by Gasteiger charge is -2.13. The molecule has 0 saturated heterocycles. The number of carbonyl (C=O) groups excluding carboxylic acids is 1. The molecule has 1 unspecified atom stereocenters. The van der Waals surface area contributed by atoms with Gasteiger partial charge in [-0.3, -0.25) is 4.79 Å². The van der Waals surface area contributed by atoms with E-state index in [9.17, 15) is 4.79 Å². The minimum Gasteiger partial charge on any atom is -0.353 e. The molecule has 1 atom stereocenters. The second-order valence-corrected chi connectivity index (χ2v) is 11.9.